The Morgan fingerprint density at radius 1 is 1.22 bits per heavy atom. The summed E-state index contributed by atoms with van der Waals surface area (Å²) in [6.45, 7) is 0. The standard InChI is InChI=1S/C12H15F3N6O2/c13-12(14,15)9(22)23-8(7-5-19-11(17)21-7)3-1-2-6-4-18-10(16)20-6/h4-5,8,18-19H,1-3,16-17H2/q+2. The third-order valence-electron chi connectivity index (χ3n) is 2.98. The van der Waals surface area contributed by atoms with E-state index in [9.17, 15) is 18.0 Å². The predicted molar refractivity (Wildman–Crippen MR) is 74.9 cm³/mol. The van der Waals surface area contributed by atoms with Crippen LogP contribution in [0.5, 0.6) is 0 Å². The summed E-state index contributed by atoms with van der Waals surface area (Å²) in [7, 11) is 0. The van der Waals surface area contributed by atoms with Crippen molar-refractivity contribution in [2.75, 3.05) is 0 Å². The van der Waals surface area contributed by atoms with Crippen LogP contribution in [-0.2, 0) is 9.53 Å². The van der Waals surface area contributed by atoms with Gasteiger partial charge in [-0.2, -0.15) is 13.2 Å². The molecule has 6 N–H and O–H groups in total. The maximum atomic E-state index is 12.4. The molecule has 0 fully saturated rings. The molecule has 2 rings (SSSR count). The number of hydrogen-bond acceptors (Lipinski definition) is 8. The molecule has 23 heavy (non-hydrogen) atoms. The summed E-state index contributed by atoms with van der Waals surface area (Å²) in [5.74, 6) is -2.00. The van der Waals surface area contributed by atoms with Gasteiger partial charge in [-0.1, -0.05) is 9.98 Å². The number of guanidine groups is 2. The second kappa shape index (κ2) is 6.58. The van der Waals surface area contributed by atoms with Crippen LogP contribution >= 0.6 is 0 Å². The van der Waals surface area contributed by atoms with E-state index in [0.29, 0.717) is 18.5 Å². The molecule has 2 radical (unpaired) electrons. The van der Waals surface area contributed by atoms with Crippen LogP contribution in [0.15, 0.2) is 23.8 Å². The van der Waals surface area contributed by atoms with Crippen molar-refractivity contribution in [1.29, 1.82) is 0 Å². The highest BCUT2D eigenvalue weighted by atomic mass is 19.4. The SMILES string of the molecule is NC1=[N+]C(CCCC(OC(=O)C(F)(F)F)C2=CNC(N)=[N+]2)=CN1. The molecule has 11 heteroatoms. The van der Waals surface area contributed by atoms with Gasteiger partial charge < -0.3 is 4.74 Å². The van der Waals surface area contributed by atoms with Crippen molar-refractivity contribution >= 4 is 17.9 Å². The monoisotopic (exact) mass is 332 g/mol. The molecule has 2 aliphatic heterocycles. The number of nitrogens with one attached hydrogen (secondary N) is 2. The van der Waals surface area contributed by atoms with E-state index in [1.54, 1.807) is 6.20 Å². The first kappa shape index (κ1) is 16.6. The fourth-order valence-electron chi connectivity index (χ4n) is 1.95. The number of nitrogens with two attached hydrogens (primary N) is 2. The van der Waals surface area contributed by atoms with Crippen molar-refractivity contribution in [3.05, 3.63) is 23.8 Å². The van der Waals surface area contributed by atoms with Crippen LogP contribution in [0.25, 0.3) is 0 Å². The Bertz CT molecular complexity index is 608. The first-order valence-corrected chi connectivity index (χ1v) is 6.64. The fourth-order valence-corrected chi connectivity index (χ4v) is 1.95. The highest BCUT2D eigenvalue weighted by Crippen LogP contribution is 2.22. The Kier molecular flexibility index (Phi) is 4.77. The Morgan fingerprint density at radius 3 is 2.39 bits per heavy atom. The number of nitrogens with zero attached hydrogens (tertiary/aromatic N) is 2. The number of esters is 1. The normalized spacial score (nSPS) is 18.2. The van der Waals surface area contributed by atoms with E-state index in [2.05, 4.69) is 25.4 Å². The number of halogens is 3. The summed E-state index contributed by atoms with van der Waals surface area (Å²) in [6.07, 6.45) is -2.35. The van der Waals surface area contributed by atoms with Gasteiger partial charge in [0, 0.05) is 6.42 Å². The van der Waals surface area contributed by atoms with E-state index < -0.39 is 18.2 Å². The summed E-state index contributed by atoms with van der Waals surface area (Å²) in [5.41, 5.74) is 11.6. The lowest BCUT2D eigenvalue weighted by atomic mass is 10.1. The number of allylic oxidation sites excluding steroid dienone is 1. The lowest BCUT2D eigenvalue weighted by Crippen LogP contribution is -2.32. The smallest absolute Gasteiger partial charge is 0.447 e. The zero-order chi connectivity index (χ0) is 17.0. The van der Waals surface area contributed by atoms with Crippen molar-refractivity contribution in [3.63, 3.8) is 0 Å². The molecule has 0 amide bonds. The van der Waals surface area contributed by atoms with Crippen LogP contribution in [0.2, 0.25) is 0 Å². The highest BCUT2D eigenvalue weighted by molar-refractivity contribution is 5.81. The van der Waals surface area contributed by atoms with Crippen LogP contribution in [0.3, 0.4) is 0 Å². The van der Waals surface area contributed by atoms with E-state index in [4.69, 9.17) is 11.5 Å². The first-order valence-electron chi connectivity index (χ1n) is 6.64. The Labute approximate surface area is 129 Å². The van der Waals surface area contributed by atoms with E-state index in [1.165, 1.54) is 6.20 Å². The highest BCUT2D eigenvalue weighted by Gasteiger charge is 2.43. The molecular formula is C12H15F3N6O2+2. The largest absolute Gasteiger partial charge is 0.490 e. The third-order valence-corrected chi connectivity index (χ3v) is 2.98. The maximum absolute atomic E-state index is 12.4. The van der Waals surface area contributed by atoms with Crippen molar-refractivity contribution in [3.8, 4) is 0 Å². The molecule has 0 spiro atoms. The van der Waals surface area contributed by atoms with Crippen LogP contribution in [0.4, 0.5) is 13.2 Å². The van der Waals surface area contributed by atoms with Crippen LogP contribution < -0.4 is 32.1 Å². The molecule has 0 aromatic rings. The minimum atomic E-state index is -5.07. The molecule has 0 saturated heterocycles. The van der Waals surface area contributed by atoms with E-state index >= 15 is 0 Å². The molecule has 0 aliphatic carbocycles. The van der Waals surface area contributed by atoms with Gasteiger partial charge in [-0.05, 0) is 12.8 Å². The molecule has 0 saturated carbocycles. The molecule has 1 unspecified atom stereocenters. The number of alkyl halides is 3. The fraction of sp³-hybridized carbons (Fsp3) is 0.417. The van der Waals surface area contributed by atoms with Crippen LogP contribution in [-0.4, -0.2) is 30.2 Å². The molecule has 0 bridgehead atoms. The zero-order valence-electron chi connectivity index (χ0n) is 11.9. The van der Waals surface area contributed by atoms with Crippen molar-refractivity contribution < 1.29 is 22.7 Å². The van der Waals surface area contributed by atoms with Crippen LogP contribution in [0.1, 0.15) is 19.3 Å². The molecule has 8 nitrogen and oxygen atoms in total. The van der Waals surface area contributed by atoms with Crippen molar-refractivity contribution in [1.82, 2.24) is 20.6 Å². The van der Waals surface area contributed by atoms with Gasteiger partial charge in [0.25, 0.3) is 0 Å². The number of carbonyl (C=O) groups excluding carboxylic acids is 1. The first-order chi connectivity index (χ1) is 10.8. The van der Waals surface area contributed by atoms with Gasteiger partial charge in [-0.3, -0.25) is 11.5 Å². The van der Waals surface area contributed by atoms with Gasteiger partial charge in [-0.25, -0.2) is 15.4 Å². The summed E-state index contributed by atoms with van der Waals surface area (Å²) in [4.78, 5) is 18.8. The molecule has 0 aromatic heterocycles. The average Bonchev–Trinajstić information content (AvgIpc) is 3.05. The summed E-state index contributed by atoms with van der Waals surface area (Å²) >= 11 is 0. The molecule has 0 aromatic carbocycles. The molecule has 2 aliphatic rings. The van der Waals surface area contributed by atoms with E-state index in [1.807, 2.05) is 0 Å². The number of hydrogen-bond donors (Lipinski definition) is 4. The number of aliphatic imine (C=N–C) groups is 2. The van der Waals surface area contributed by atoms with Gasteiger partial charge >= 0.3 is 24.1 Å². The Balaban J connectivity index is 1.95. The van der Waals surface area contributed by atoms with Gasteiger partial charge in [0.2, 0.25) is 0 Å². The predicted octanol–water partition coefficient (Wildman–Crippen LogP) is -1.18. The molecule has 124 valence electrons. The van der Waals surface area contributed by atoms with Gasteiger partial charge in [0.05, 0.1) is 0 Å². The maximum Gasteiger partial charge on any atom is 0.490 e. The molecular weight excluding hydrogens is 317 g/mol. The van der Waals surface area contributed by atoms with Crippen molar-refractivity contribution in [2.24, 2.45) is 11.5 Å². The molecule has 1 atom stereocenters. The summed E-state index contributed by atoms with van der Waals surface area (Å²) in [5, 5.41) is 5.23. The quantitative estimate of drug-likeness (QED) is 0.453. The summed E-state index contributed by atoms with van der Waals surface area (Å²) in [6, 6.07) is 0. The van der Waals surface area contributed by atoms with Gasteiger partial charge in [0.15, 0.2) is 17.5 Å². The minimum absolute atomic E-state index is 0.0214. The Hall–Kier alpha value is -2.72. The minimum Gasteiger partial charge on any atom is -0.447 e. The van der Waals surface area contributed by atoms with Crippen molar-refractivity contribution in [2.45, 2.75) is 31.5 Å². The zero-order valence-corrected chi connectivity index (χ0v) is 11.9. The van der Waals surface area contributed by atoms with Gasteiger partial charge in [0.1, 0.15) is 12.4 Å². The summed E-state index contributed by atoms with van der Waals surface area (Å²) < 4.78 is 41.6. The van der Waals surface area contributed by atoms with E-state index in [0.717, 1.165) is 0 Å². The second-order valence-electron chi connectivity index (χ2n) is 4.77. The number of carbonyl (C=O) groups is 1. The average molecular weight is 332 g/mol. The lowest BCUT2D eigenvalue weighted by Gasteiger charge is -2.15. The number of ether oxygens (including phenoxy) is 1. The number of rotatable bonds is 6. The second-order valence-corrected chi connectivity index (χ2v) is 4.77. The van der Waals surface area contributed by atoms with Crippen LogP contribution in [0, 0.1) is 0 Å². The Morgan fingerprint density at radius 2 is 1.87 bits per heavy atom. The third kappa shape index (κ3) is 4.63. The lowest BCUT2D eigenvalue weighted by molar-refractivity contribution is -0.203. The molecule has 2 heterocycles. The van der Waals surface area contributed by atoms with E-state index in [-0.39, 0.29) is 24.0 Å². The van der Waals surface area contributed by atoms with Gasteiger partial charge in [-0.15, -0.1) is 0 Å². The topological polar surface area (TPSA) is 131 Å².